The molecular weight excluding hydrogens is 550 g/mol. The highest BCUT2D eigenvalue weighted by Gasteiger charge is 2.21. The van der Waals surface area contributed by atoms with Crippen LogP contribution in [0.1, 0.15) is 0 Å². The third-order valence-electron chi connectivity index (χ3n) is 9.20. The van der Waals surface area contributed by atoms with Gasteiger partial charge in [0.2, 0.25) is 0 Å². The van der Waals surface area contributed by atoms with Gasteiger partial charge in [-0.1, -0.05) is 97.1 Å². The molecule has 0 radical (unpaired) electrons. The van der Waals surface area contributed by atoms with Crippen molar-refractivity contribution in [1.29, 1.82) is 0 Å². The minimum absolute atomic E-state index is 0.877. The van der Waals surface area contributed by atoms with Gasteiger partial charge in [-0.2, -0.15) is 0 Å². The zero-order chi connectivity index (χ0) is 29.5. The quantitative estimate of drug-likeness (QED) is 0.196. The van der Waals surface area contributed by atoms with E-state index in [-0.39, 0.29) is 0 Å². The molecule has 0 N–H and O–H groups in total. The molecule has 0 bridgehead atoms. The Morgan fingerprint density at radius 2 is 0.978 bits per heavy atom. The maximum absolute atomic E-state index is 6.35. The molecule has 0 aliphatic rings. The summed E-state index contributed by atoms with van der Waals surface area (Å²) in [6, 6.07) is 53.8. The average Bonchev–Trinajstić information content (AvgIpc) is 3.66. The van der Waals surface area contributed by atoms with Crippen molar-refractivity contribution >= 4 is 93.3 Å². The lowest BCUT2D eigenvalue weighted by molar-refractivity contribution is 0.669. The zero-order valence-corrected chi connectivity index (χ0v) is 24.2. The van der Waals surface area contributed by atoms with E-state index < -0.39 is 0 Å². The van der Waals surface area contributed by atoms with E-state index in [1.165, 1.54) is 32.3 Å². The molecule has 0 saturated heterocycles. The van der Waals surface area contributed by atoms with E-state index in [2.05, 4.69) is 132 Å². The van der Waals surface area contributed by atoms with Crippen LogP contribution < -0.4 is 4.90 Å². The Hall–Kier alpha value is -6.06. The molecule has 3 heteroatoms. The fourth-order valence-corrected chi connectivity index (χ4v) is 7.16. The van der Waals surface area contributed by atoms with Crippen LogP contribution in [-0.4, -0.2) is 0 Å². The molecule has 2 heterocycles. The summed E-state index contributed by atoms with van der Waals surface area (Å²) in [5.41, 5.74) is 6.90. The van der Waals surface area contributed by atoms with Gasteiger partial charge in [0.1, 0.15) is 22.3 Å². The molecule has 0 fully saturated rings. The van der Waals surface area contributed by atoms with Gasteiger partial charge in [-0.05, 0) is 81.5 Å². The van der Waals surface area contributed by atoms with Crippen LogP contribution >= 0.6 is 0 Å². The number of anilines is 3. The average molecular weight is 576 g/mol. The predicted octanol–water partition coefficient (Wildman–Crippen LogP) is 12.4. The van der Waals surface area contributed by atoms with Crippen molar-refractivity contribution in [2.75, 3.05) is 4.90 Å². The Morgan fingerprint density at radius 3 is 1.87 bits per heavy atom. The monoisotopic (exact) mass is 575 g/mol. The van der Waals surface area contributed by atoms with Crippen molar-refractivity contribution < 1.29 is 8.83 Å². The smallest absolute Gasteiger partial charge is 0.137 e. The third-order valence-corrected chi connectivity index (χ3v) is 9.20. The second-order valence-corrected chi connectivity index (χ2v) is 11.7. The second-order valence-electron chi connectivity index (χ2n) is 11.7. The minimum Gasteiger partial charge on any atom is -0.456 e. The number of fused-ring (bicyclic) bond motifs is 10. The number of para-hydroxylation sites is 2. The molecular formula is C42H25NO2. The summed E-state index contributed by atoms with van der Waals surface area (Å²) in [6.07, 6.45) is 0. The fraction of sp³-hybridized carbons (Fsp3) is 0. The number of benzene rings is 8. The van der Waals surface area contributed by atoms with Crippen LogP contribution in [0.2, 0.25) is 0 Å². The Labute approximate surface area is 258 Å². The van der Waals surface area contributed by atoms with E-state index in [1.54, 1.807) is 0 Å². The van der Waals surface area contributed by atoms with E-state index in [9.17, 15) is 0 Å². The topological polar surface area (TPSA) is 29.5 Å². The molecule has 210 valence electrons. The van der Waals surface area contributed by atoms with E-state index >= 15 is 0 Å². The van der Waals surface area contributed by atoms with Gasteiger partial charge in [-0.3, -0.25) is 0 Å². The van der Waals surface area contributed by atoms with Crippen LogP contribution in [0, 0.1) is 0 Å². The third kappa shape index (κ3) is 3.58. The lowest BCUT2D eigenvalue weighted by Gasteiger charge is -2.28. The maximum Gasteiger partial charge on any atom is 0.137 e. The van der Waals surface area contributed by atoms with E-state index in [0.29, 0.717) is 0 Å². The highest BCUT2D eigenvalue weighted by molar-refractivity contribution is 6.18. The van der Waals surface area contributed by atoms with Crippen molar-refractivity contribution in [3.8, 4) is 0 Å². The van der Waals surface area contributed by atoms with Crippen molar-refractivity contribution in [1.82, 2.24) is 0 Å². The van der Waals surface area contributed by atoms with Gasteiger partial charge in [0, 0.05) is 27.2 Å². The minimum atomic E-state index is 0.877. The summed E-state index contributed by atoms with van der Waals surface area (Å²) in [6.45, 7) is 0. The molecule has 0 unspecified atom stereocenters. The number of nitrogens with zero attached hydrogens (tertiary/aromatic N) is 1. The van der Waals surface area contributed by atoms with Gasteiger partial charge in [0.15, 0.2) is 0 Å². The predicted molar refractivity (Wildman–Crippen MR) is 188 cm³/mol. The first-order chi connectivity index (χ1) is 22.3. The van der Waals surface area contributed by atoms with E-state index in [1.807, 2.05) is 24.3 Å². The molecule has 0 aliphatic heterocycles. The van der Waals surface area contributed by atoms with Crippen LogP contribution in [0.15, 0.2) is 160 Å². The highest BCUT2D eigenvalue weighted by atomic mass is 16.3. The van der Waals surface area contributed by atoms with Crippen LogP contribution in [0.4, 0.5) is 17.1 Å². The standard InChI is InChI=1S/C42H25NO2/c1-2-11-31-26(9-1)10-7-14-36(31)43(37-15-8-18-40-42(37)33-13-4-6-17-39(33)44-40)29-21-22-30-27(23-29)19-20-28-24-41-35(25-34(28)30)32-12-3-5-16-38(32)45-41/h1-25H. The lowest BCUT2D eigenvalue weighted by atomic mass is 9.98. The molecule has 3 nitrogen and oxygen atoms in total. The van der Waals surface area contributed by atoms with Crippen molar-refractivity contribution in [3.63, 3.8) is 0 Å². The SMILES string of the molecule is c1ccc2c(N(c3ccc4c(ccc5cc6oc7ccccc7c6cc54)c3)c3cccc4oc5ccccc5c34)cccc2c1. The number of hydrogen-bond acceptors (Lipinski definition) is 3. The zero-order valence-electron chi connectivity index (χ0n) is 24.2. The van der Waals surface area contributed by atoms with Crippen LogP contribution in [0.3, 0.4) is 0 Å². The van der Waals surface area contributed by atoms with Crippen molar-refractivity contribution in [2.45, 2.75) is 0 Å². The van der Waals surface area contributed by atoms with Gasteiger partial charge in [0.25, 0.3) is 0 Å². The van der Waals surface area contributed by atoms with Gasteiger partial charge >= 0.3 is 0 Å². The Bertz CT molecular complexity index is 2780. The summed E-state index contributed by atoms with van der Waals surface area (Å²) < 4.78 is 12.5. The molecule has 45 heavy (non-hydrogen) atoms. The van der Waals surface area contributed by atoms with Gasteiger partial charge < -0.3 is 13.7 Å². The van der Waals surface area contributed by atoms with Crippen molar-refractivity contribution in [2.24, 2.45) is 0 Å². The van der Waals surface area contributed by atoms with E-state index in [4.69, 9.17) is 8.83 Å². The molecule has 8 aromatic carbocycles. The van der Waals surface area contributed by atoms with Gasteiger partial charge in [0.05, 0.1) is 16.8 Å². The molecule has 0 saturated carbocycles. The van der Waals surface area contributed by atoms with Gasteiger partial charge in [-0.15, -0.1) is 0 Å². The number of furan rings is 2. The fourth-order valence-electron chi connectivity index (χ4n) is 7.16. The van der Waals surface area contributed by atoms with Crippen LogP contribution in [0.25, 0.3) is 76.2 Å². The molecule has 10 aromatic rings. The molecule has 10 rings (SSSR count). The highest BCUT2D eigenvalue weighted by Crippen LogP contribution is 2.46. The first kappa shape index (κ1) is 24.4. The Morgan fingerprint density at radius 1 is 0.333 bits per heavy atom. The number of hydrogen-bond donors (Lipinski definition) is 0. The summed E-state index contributed by atoms with van der Waals surface area (Å²) in [5.74, 6) is 0. The van der Waals surface area contributed by atoms with Crippen molar-refractivity contribution in [3.05, 3.63) is 152 Å². The number of rotatable bonds is 3. The maximum atomic E-state index is 6.35. The molecule has 2 aromatic heterocycles. The summed E-state index contributed by atoms with van der Waals surface area (Å²) >= 11 is 0. The lowest BCUT2D eigenvalue weighted by Crippen LogP contribution is -2.11. The largest absolute Gasteiger partial charge is 0.456 e. The van der Waals surface area contributed by atoms with E-state index in [0.717, 1.165) is 60.9 Å². The summed E-state index contributed by atoms with van der Waals surface area (Å²) in [4.78, 5) is 2.39. The Kier molecular flexibility index (Phi) is 5.00. The first-order valence-corrected chi connectivity index (χ1v) is 15.3. The molecule has 0 amide bonds. The Balaban J connectivity index is 1.26. The second kappa shape index (κ2) is 9.22. The summed E-state index contributed by atoms with van der Waals surface area (Å²) in [7, 11) is 0. The normalized spacial score (nSPS) is 12.0. The van der Waals surface area contributed by atoms with Crippen LogP contribution in [-0.2, 0) is 0 Å². The summed E-state index contributed by atoms with van der Waals surface area (Å²) in [5, 5.41) is 11.7. The molecule has 0 spiro atoms. The molecule has 0 aliphatic carbocycles. The van der Waals surface area contributed by atoms with Crippen LogP contribution in [0.5, 0.6) is 0 Å². The first-order valence-electron chi connectivity index (χ1n) is 15.3. The van der Waals surface area contributed by atoms with Gasteiger partial charge in [-0.25, -0.2) is 0 Å². The molecule has 0 atom stereocenters.